The van der Waals surface area contributed by atoms with E-state index in [9.17, 15) is 14.0 Å². The molecule has 5 nitrogen and oxygen atoms in total. The summed E-state index contributed by atoms with van der Waals surface area (Å²) in [6, 6.07) is 8.48. The van der Waals surface area contributed by atoms with Gasteiger partial charge in [-0.25, -0.2) is 9.18 Å². The smallest absolute Gasteiger partial charge is 0.324 e. The van der Waals surface area contributed by atoms with Gasteiger partial charge in [-0.1, -0.05) is 23.2 Å². The third-order valence-electron chi connectivity index (χ3n) is 3.18. The number of H-pyrrole nitrogens is 1. The lowest BCUT2D eigenvalue weighted by molar-refractivity contribution is -0.116. The highest BCUT2D eigenvalue weighted by molar-refractivity contribution is 6.35. The molecule has 0 fully saturated rings. The molecule has 1 heterocycles. The lowest BCUT2D eigenvalue weighted by Gasteiger charge is -2.07. The van der Waals surface area contributed by atoms with Crippen LogP contribution in [0.1, 0.15) is 0 Å². The van der Waals surface area contributed by atoms with E-state index >= 15 is 0 Å². The molecule has 2 N–H and O–H groups in total. The second kappa shape index (κ2) is 6.06. The monoisotopic (exact) mass is 353 g/mol. The van der Waals surface area contributed by atoms with Crippen LogP contribution in [0.4, 0.5) is 10.1 Å². The highest BCUT2D eigenvalue weighted by Gasteiger charge is 2.12. The molecule has 0 bridgehead atoms. The van der Waals surface area contributed by atoms with E-state index in [1.54, 1.807) is 12.1 Å². The fourth-order valence-corrected chi connectivity index (χ4v) is 2.79. The Balaban J connectivity index is 1.85. The summed E-state index contributed by atoms with van der Waals surface area (Å²) in [5.74, 6) is -0.903. The van der Waals surface area contributed by atoms with Crippen molar-refractivity contribution in [2.75, 3.05) is 5.32 Å². The van der Waals surface area contributed by atoms with Crippen LogP contribution in [0.5, 0.6) is 0 Å². The molecule has 1 amide bonds. The second-order valence-corrected chi connectivity index (χ2v) is 5.76. The van der Waals surface area contributed by atoms with E-state index in [1.165, 1.54) is 28.8 Å². The molecule has 0 aliphatic heterocycles. The fraction of sp³-hybridized carbons (Fsp3) is 0.0667. The first kappa shape index (κ1) is 15.6. The summed E-state index contributed by atoms with van der Waals surface area (Å²) < 4.78 is 14.4. The van der Waals surface area contributed by atoms with Crippen LogP contribution in [0.2, 0.25) is 10.0 Å². The molecule has 0 saturated heterocycles. The van der Waals surface area contributed by atoms with Gasteiger partial charge in [-0.05, 0) is 36.4 Å². The standard InChI is InChI=1S/C15H10Cl2FN3O2/c16-8-3-9(17)5-11(4-8)19-14(22)7-21-13-2-1-10(18)6-12(13)20-15(21)23/h1-6H,7H2,(H,19,22)(H,20,23). The number of hydrogen-bond donors (Lipinski definition) is 2. The lowest BCUT2D eigenvalue weighted by Crippen LogP contribution is -2.25. The summed E-state index contributed by atoms with van der Waals surface area (Å²) in [5, 5.41) is 3.37. The quantitative estimate of drug-likeness (QED) is 0.757. The number of rotatable bonds is 3. The molecule has 0 unspecified atom stereocenters. The first-order valence-corrected chi connectivity index (χ1v) is 7.32. The van der Waals surface area contributed by atoms with Gasteiger partial charge >= 0.3 is 5.69 Å². The summed E-state index contributed by atoms with van der Waals surface area (Å²) >= 11 is 11.7. The second-order valence-electron chi connectivity index (χ2n) is 4.88. The van der Waals surface area contributed by atoms with Crippen LogP contribution in [-0.4, -0.2) is 15.5 Å². The average Bonchev–Trinajstić information content (AvgIpc) is 2.72. The van der Waals surface area contributed by atoms with Crippen LogP contribution in [-0.2, 0) is 11.3 Å². The Morgan fingerprint density at radius 3 is 2.57 bits per heavy atom. The van der Waals surface area contributed by atoms with E-state index in [1.807, 2.05) is 0 Å². The molecule has 2 aromatic carbocycles. The fourth-order valence-electron chi connectivity index (χ4n) is 2.26. The van der Waals surface area contributed by atoms with Crippen molar-refractivity contribution in [2.24, 2.45) is 0 Å². The van der Waals surface area contributed by atoms with Crippen molar-refractivity contribution < 1.29 is 9.18 Å². The van der Waals surface area contributed by atoms with E-state index < -0.39 is 17.4 Å². The summed E-state index contributed by atoms with van der Waals surface area (Å²) in [7, 11) is 0. The number of hydrogen-bond acceptors (Lipinski definition) is 2. The van der Waals surface area contributed by atoms with Gasteiger partial charge in [-0.2, -0.15) is 0 Å². The molecular weight excluding hydrogens is 344 g/mol. The number of aromatic nitrogens is 2. The zero-order valence-corrected chi connectivity index (χ0v) is 13.1. The van der Waals surface area contributed by atoms with Crippen molar-refractivity contribution >= 4 is 45.8 Å². The van der Waals surface area contributed by atoms with Crippen molar-refractivity contribution in [1.82, 2.24) is 9.55 Å². The number of aromatic amines is 1. The normalized spacial score (nSPS) is 10.9. The largest absolute Gasteiger partial charge is 0.326 e. The third-order valence-corrected chi connectivity index (χ3v) is 3.62. The Morgan fingerprint density at radius 2 is 1.87 bits per heavy atom. The van der Waals surface area contributed by atoms with Crippen LogP contribution in [0, 0.1) is 5.82 Å². The maximum absolute atomic E-state index is 13.2. The van der Waals surface area contributed by atoms with Crippen LogP contribution >= 0.6 is 23.2 Å². The van der Waals surface area contributed by atoms with Crippen molar-refractivity contribution in [2.45, 2.75) is 6.54 Å². The van der Waals surface area contributed by atoms with Crippen molar-refractivity contribution in [3.63, 3.8) is 0 Å². The topological polar surface area (TPSA) is 66.9 Å². The molecule has 0 radical (unpaired) electrons. The number of amides is 1. The number of benzene rings is 2. The maximum atomic E-state index is 13.2. The Hall–Kier alpha value is -2.31. The Morgan fingerprint density at radius 1 is 1.17 bits per heavy atom. The molecule has 1 aromatic heterocycles. The third kappa shape index (κ3) is 3.38. The zero-order chi connectivity index (χ0) is 16.6. The van der Waals surface area contributed by atoms with Gasteiger partial charge in [0.15, 0.2) is 0 Å². The molecular formula is C15H10Cl2FN3O2. The van der Waals surface area contributed by atoms with Crippen LogP contribution in [0.25, 0.3) is 11.0 Å². The molecule has 3 aromatic rings. The van der Waals surface area contributed by atoms with E-state index in [0.717, 1.165) is 0 Å². The molecule has 0 aliphatic rings. The van der Waals surface area contributed by atoms with Crippen molar-refractivity contribution in [1.29, 1.82) is 0 Å². The van der Waals surface area contributed by atoms with Crippen LogP contribution < -0.4 is 11.0 Å². The molecule has 118 valence electrons. The van der Waals surface area contributed by atoms with E-state index in [4.69, 9.17) is 23.2 Å². The minimum absolute atomic E-state index is 0.228. The van der Waals surface area contributed by atoms with Gasteiger partial charge in [0.2, 0.25) is 5.91 Å². The van der Waals surface area contributed by atoms with Crippen molar-refractivity contribution in [3.8, 4) is 0 Å². The average molecular weight is 354 g/mol. The Labute approximate surface area is 139 Å². The molecule has 0 saturated carbocycles. The summed E-state index contributed by atoms with van der Waals surface area (Å²) in [4.78, 5) is 26.5. The van der Waals surface area contributed by atoms with Crippen LogP contribution in [0.3, 0.4) is 0 Å². The number of anilines is 1. The number of halogens is 3. The summed E-state index contributed by atoms with van der Waals surface area (Å²) in [6.45, 7) is -0.228. The van der Waals surface area contributed by atoms with Gasteiger partial charge in [0.1, 0.15) is 12.4 Å². The minimum Gasteiger partial charge on any atom is -0.324 e. The maximum Gasteiger partial charge on any atom is 0.326 e. The molecule has 0 atom stereocenters. The Kier molecular flexibility index (Phi) is 4.11. The van der Waals surface area contributed by atoms with E-state index in [0.29, 0.717) is 26.8 Å². The highest BCUT2D eigenvalue weighted by Crippen LogP contribution is 2.22. The predicted octanol–water partition coefficient (Wildman–Crippen LogP) is 3.41. The molecule has 23 heavy (non-hydrogen) atoms. The van der Waals surface area contributed by atoms with E-state index in [-0.39, 0.29) is 6.54 Å². The minimum atomic E-state index is -0.495. The number of nitrogens with one attached hydrogen (secondary N) is 2. The van der Waals surface area contributed by atoms with E-state index in [2.05, 4.69) is 10.3 Å². The van der Waals surface area contributed by atoms with Crippen LogP contribution in [0.15, 0.2) is 41.2 Å². The first-order chi connectivity index (χ1) is 10.9. The predicted molar refractivity (Wildman–Crippen MR) is 87.6 cm³/mol. The van der Waals surface area contributed by atoms with Gasteiger partial charge in [0, 0.05) is 15.7 Å². The summed E-state index contributed by atoms with van der Waals surface area (Å²) in [6.07, 6.45) is 0. The van der Waals surface area contributed by atoms with Gasteiger partial charge in [-0.15, -0.1) is 0 Å². The number of fused-ring (bicyclic) bond motifs is 1. The molecule has 3 rings (SSSR count). The highest BCUT2D eigenvalue weighted by atomic mass is 35.5. The molecule has 0 aliphatic carbocycles. The lowest BCUT2D eigenvalue weighted by atomic mass is 10.3. The molecule has 8 heteroatoms. The van der Waals surface area contributed by atoms with Gasteiger partial charge in [0.25, 0.3) is 0 Å². The van der Waals surface area contributed by atoms with Gasteiger partial charge in [-0.3, -0.25) is 9.36 Å². The number of carbonyl (C=O) groups is 1. The van der Waals surface area contributed by atoms with Gasteiger partial charge < -0.3 is 10.3 Å². The SMILES string of the molecule is O=C(Cn1c(=O)[nH]c2cc(F)ccc21)Nc1cc(Cl)cc(Cl)c1. The summed E-state index contributed by atoms with van der Waals surface area (Å²) in [5.41, 5.74) is 0.695. The molecule has 0 spiro atoms. The first-order valence-electron chi connectivity index (χ1n) is 6.56. The number of imidazole rings is 1. The Bertz CT molecular complexity index is 945. The number of carbonyl (C=O) groups excluding carboxylic acids is 1. The number of nitrogens with zero attached hydrogens (tertiary/aromatic N) is 1. The van der Waals surface area contributed by atoms with Gasteiger partial charge in [0.05, 0.1) is 11.0 Å². The van der Waals surface area contributed by atoms with Crippen molar-refractivity contribution in [3.05, 3.63) is 62.7 Å². The zero-order valence-electron chi connectivity index (χ0n) is 11.6.